The van der Waals surface area contributed by atoms with E-state index in [1.54, 1.807) is 0 Å². The Kier molecular flexibility index (Phi) is 5.24. The molecule has 1 aliphatic rings. The molecule has 0 fully saturated rings. The maximum atomic E-state index is 10.5. The van der Waals surface area contributed by atoms with Gasteiger partial charge in [-0.05, 0) is 39.8 Å². The second-order valence-electron chi connectivity index (χ2n) is 6.53. The Hall–Kier alpha value is -2.13. The van der Waals surface area contributed by atoms with Crippen LogP contribution in [-0.2, 0) is 12.8 Å². The van der Waals surface area contributed by atoms with Gasteiger partial charge in [0.1, 0.15) is 0 Å². The first kappa shape index (κ1) is 17.7. The van der Waals surface area contributed by atoms with E-state index in [0.717, 1.165) is 17.5 Å². The standard InChI is InChI=1S/C22H21NO.ClH/c23-22(21(24)12-15-6-2-1-3-7-15)17-10-11-20-18(14-17)13-16-8-4-5-9-19(16)20;/h1-11,14,21-22,24H,12-13,23H2;1H/t21-,22+;/m0./s1. The molecule has 0 amide bonds. The van der Waals surface area contributed by atoms with Crippen molar-refractivity contribution in [2.45, 2.75) is 25.0 Å². The number of aliphatic hydroxyl groups is 1. The lowest BCUT2D eigenvalue weighted by atomic mass is 9.94. The summed E-state index contributed by atoms with van der Waals surface area (Å²) < 4.78 is 0. The lowest BCUT2D eigenvalue weighted by Crippen LogP contribution is -2.28. The molecule has 0 aromatic heterocycles. The molecular formula is C22H22ClNO. The number of hydrogen-bond donors (Lipinski definition) is 2. The number of nitrogens with two attached hydrogens (primary N) is 1. The first-order chi connectivity index (χ1) is 11.7. The van der Waals surface area contributed by atoms with E-state index in [1.807, 2.05) is 30.3 Å². The molecule has 3 aromatic carbocycles. The molecule has 0 bridgehead atoms. The molecular weight excluding hydrogens is 330 g/mol. The van der Waals surface area contributed by atoms with E-state index in [9.17, 15) is 5.11 Å². The van der Waals surface area contributed by atoms with Gasteiger partial charge in [0.05, 0.1) is 12.1 Å². The molecule has 0 saturated carbocycles. The first-order valence-corrected chi connectivity index (χ1v) is 8.41. The van der Waals surface area contributed by atoms with E-state index in [4.69, 9.17) is 5.73 Å². The fourth-order valence-electron chi connectivity index (χ4n) is 3.58. The fourth-order valence-corrected chi connectivity index (χ4v) is 3.58. The smallest absolute Gasteiger partial charge is 0.0773 e. The number of rotatable bonds is 4. The highest BCUT2D eigenvalue weighted by Crippen LogP contribution is 2.37. The van der Waals surface area contributed by atoms with Crippen LogP contribution in [-0.4, -0.2) is 11.2 Å². The van der Waals surface area contributed by atoms with Crippen molar-refractivity contribution in [1.82, 2.24) is 0 Å². The summed E-state index contributed by atoms with van der Waals surface area (Å²) in [7, 11) is 0. The molecule has 3 N–H and O–H groups in total. The van der Waals surface area contributed by atoms with Crippen LogP contribution in [0.5, 0.6) is 0 Å². The van der Waals surface area contributed by atoms with Crippen LogP contribution < -0.4 is 5.73 Å². The van der Waals surface area contributed by atoms with Crippen molar-refractivity contribution in [2.75, 3.05) is 0 Å². The quantitative estimate of drug-likeness (QED) is 0.576. The number of halogens is 1. The molecule has 25 heavy (non-hydrogen) atoms. The Morgan fingerprint density at radius 2 is 1.52 bits per heavy atom. The summed E-state index contributed by atoms with van der Waals surface area (Å²) in [5, 5.41) is 10.5. The summed E-state index contributed by atoms with van der Waals surface area (Å²) in [5.74, 6) is 0. The number of benzene rings is 3. The van der Waals surface area contributed by atoms with E-state index in [1.165, 1.54) is 22.3 Å². The topological polar surface area (TPSA) is 46.2 Å². The zero-order valence-electron chi connectivity index (χ0n) is 13.9. The minimum Gasteiger partial charge on any atom is -0.391 e. The van der Waals surface area contributed by atoms with E-state index in [0.29, 0.717) is 6.42 Å². The fraction of sp³-hybridized carbons (Fsp3) is 0.182. The van der Waals surface area contributed by atoms with Gasteiger partial charge in [-0.1, -0.05) is 72.8 Å². The third-order valence-electron chi connectivity index (χ3n) is 4.90. The van der Waals surface area contributed by atoms with Gasteiger partial charge in [-0.25, -0.2) is 0 Å². The molecule has 2 atom stereocenters. The predicted octanol–water partition coefficient (Wildman–Crippen LogP) is 4.28. The second kappa shape index (κ2) is 7.40. The lowest BCUT2D eigenvalue weighted by molar-refractivity contribution is 0.145. The number of fused-ring (bicyclic) bond motifs is 3. The molecule has 0 radical (unpaired) electrons. The molecule has 0 unspecified atom stereocenters. The van der Waals surface area contributed by atoms with Gasteiger partial charge in [0.15, 0.2) is 0 Å². The summed E-state index contributed by atoms with van der Waals surface area (Å²) in [6.45, 7) is 0. The van der Waals surface area contributed by atoms with Crippen molar-refractivity contribution >= 4 is 12.4 Å². The third kappa shape index (κ3) is 3.47. The van der Waals surface area contributed by atoms with Gasteiger partial charge in [-0.2, -0.15) is 0 Å². The van der Waals surface area contributed by atoms with Crippen molar-refractivity contribution in [3.05, 3.63) is 95.1 Å². The second-order valence-corrected chi connectivity index (χ2v) is 6.53. The van der Waals surface area contributed by atoms with E-state index >= 15 is 0 Å². The average molecular weight is 352 g/mol. The highest BCUT2D eigenvalue weighted by Gasteiger charge is 2.22. The molecule has 3 heteroatoms. The van der Waals surface area contributed by atoms with Gasteiger partial charge in [-0.15, -0.1) is 12.4 Å². The highest BCUT2D eigenvalue weighted by molar-refractivity contribution is 5.85. The van der Waals surface area contributed by atoms with Crippen LogP contribution in [0.4, 0.5) is 0 Å². The van der Waals surface area contributed by atoms with Crippen molar-refractivity contribution < 1.29 is 5.11 Å². The Bertz CT molecular complexity index is 863. The number of hydrogen-bond acceptors (Lipinski definition) is 2. The molecule has 0 aliphatic heterocycles. The summed E-state index contributed by atoms with van der Waals surface area (Å²) >= 11 is 0. The SMILES string of the molecule is Cl.N[C@H](c1ccc2c(c1)Cc1ccccc1-2)[C@@H](O)Cc1ccccc1. The summed E-state index contributed by atoms with van der Waals surface area (Å²) in [6, 6.07) is 24.5. The van der Waals surface area contributed by atoms with E-state index < -0.39 is 6.10 Å². The Morgan fingerprint density at radius 3 is 2.32 bits per heavy atom. The van der Waals surface area contributed by atoms with Gasteiger partial charge in [0, 0.05) is 6.42 Å². The van der Waals surface area contributed by atoms with Crippen LogP contribution >= 0.6 is 12.4 Å². The van der Waals surface area contributed by atoms with Gasteiger partial charge >= 0.3 is 0 Å². The molecule has 0 saturated heterocycles. The van der Waals surface area contributed by atoms with Crippen LogP contribution in [0.1, 0.15) is 28.3 Å². The van der Waals surface area contributed by atoms with Crippen LogP contribution in [0.25, 0.3) is 11.1 Å². The largest absolute Gasteiger partial charge is 0.391 e. The maximum absolute atomic E-state index is 10.5. The normalized spacial score (nSPS) is 14.2. The summed E-state index contributed by atoms with van der Waals surface area (Å²) in [4.78, 5) is 0. The average Bonchev–Trinajstić information content (AvgIpc) is 2.99. The van der Waals surface area contributed by atoms with Crippen molar-refractivity contribution in [3.8, 4) is 11.1 Å². The van der Waals surface area contributed by atoms with Gasteiger partial charge < -0.3 is 10.8 Å². The molecule has 2 nitrogen and oxygen atoms in total. The highest BCUT2D eigenvalue weighted by atomic mass is 35.5. The summed E-state index contributed by atoms with van der Waals surface area (Å²) in [6.07, 6.45) is 0.925. The molecule has 4 rings (SSSR count). The Morgan fingerprint density at radius 1 is 0.840 bits per heavy atom. The zero-order valence-corrected chi connectivity index (χ0v) is 14.7. The zero-order chi connectivity index (χ0) is 16.5. The van der Waals surface area contributed by atoms with Crippen LogP contribution in [0.2, 0.25) is 0 Å². The van der Waals surface area contributed by atoms with Crippen molar-refractivity contribution in [1.29, 1.82) is 0 Å². The minimum absolute atomic E-state index is 0. The van der Waals surface area contributed by atoms with E-state index in [2.05, 4.69) is 42.5 Å². The summed E-state index contributed by atoms with van der Waals surface area (Å²) in [5.41, 5.74) is 13.7. The van der Waals surface area contributed by atoms with Crippen molar-refractivity contribution in [2.24, 2.45) is 5.73 Å². The molecule has 0 heterocycles. The van der Waals surface area contributed by atoms with Gasteiger partial charge in [0.2, 0.25) is 0 Å². The van der Waals surface area contributed by atoms with Crippen LogP contribution in [0.15, 0.2) is 72.8 Å². The van der Waals surface area contributed by atoms with Crippen LogP contribution in [0, 0.1) is 0 Å². The Labute approximate surface area is 154 Å². The molecule has 128 valence electrons. The van der Waals surface area contributed by atoms with E-state index in [-0.39, 0.29) is 18.4 Å². The Balaban J connectivity index is 0.00000182. The molecule has 1 aliphatic carbocycles. The monoisotopic (exact) mass is 351 g/mol. The lowest BCUT2D eigenvalue weighted by Gasteiger charge is -2.20. The van der Waals surface area contributed by atoms with Crippen molar-refractivity contribution in [3.63, 3.8) is 0 Å². The minimum atomic E-state index is -0.589. The molecule has 0 spiro atoms. The molecule has 3 aromatic rings. The maximum Gasteiger partial charge on any atom is 0.0773 e. The number of aliphatic hydroxyl groups excluding tert-OH is 1. The van der Waals surface area contributed by atoms with Crippen LogP contribution in [0.3, 0.4) is 0 Å². The van der Waals surface area contributed by atoms with Gasteiger partial charge in [-0.3, -0.25) is 0 Å². The van der Waals surface area contributed by atoms with Gasteiger partial charge in [0.25, 0.3) is 0 Å². The predicted molar refractivity (Wildman–Crippen MR) is 105 cm³/mol. The first-order valence-electron chi connectivity index (χ1n) is 8.41. The third-order valence-corrected chi connectivity index (χ3v) is 4.90.